The van der Waals surface area contributed by atoms with Gasteiger partial charge in [-0.15, -0.1) is 0 Å². The van der Waals surface area contributed by atoms with Gasteiger partial charge in [0.2, 0.25) is 0 Å². The van der Waals surface area contributed by atoms with Crippen LogP contribution in [0.4, 0.5) is 0 Å². The van der Waals surface area contributed by atoms with E-state index < -0.39 is 0 Å². The zero-order chi connectivity index (χ0) is 8.81. The summed E-state index contributed by atoms with van der Waals surface area (Å²) in [7, 11) is 0. The number of hydrogen-bond donors (Lipinski definition) is 0. The summed E-state index contributed by atoms with van der Waals surface area (Å²) in [6, 6.07) is 4.39. The molecule has 0 bridgehead atoms. The van der Waals surface area contributed by atoms with E-state index in [1.165, 1.54) is 37.9 Å². The van der Waals surface area contributed by atoms with E-state index in [0.29, 0.717) is 0 Å². The number of aromatic nitrogens is 1. The summed E-state index contributed by atoms with van der Waals surface area (Å²) in [6.45, 7) is 5.67. The van der Waals surface area contributed by atoms with Gasteiger partial charge >= 0.3 is 0 Å². The predicted octanol–water partition coefficient (Wildman–Crippen LogP) is 3.24. The van der Waals surface area contributed by atoms with E-state index >= 15 is 0 Å². The maximum absolute atomic E-state index is 2.38. The van der Waals surface area contributed by atoms with Gasteiger partial charge in [-0.2, -0.15) is 0 Å². The summed E-state index contributed by atoms with van der Waals surface area (Å²) in [4.78, 5) is 0. The topological polar surface area (TPSA) is 4.93 Å². The van der Waals surface area contributed by atoms with Crippen LogP contribution < -0.4 is 0 Å². The maximum atomic E-state index is 2.38. The molecule has 0 aliphatic rings. The first-order chi connectivity index (χ1) is 5.88. The Hall–Kier alpha value is -0.720. The molecule has 0 aliphatic heterocycles. The van der Waals surface area contributed by atoms with Crippen LogP contribution in [0.2, 0.25) is 0 Å². The Bertz CT molecular complexity index is 213. The van der Waals surface area contributed by atoms with Crippen LogP contribution in [-0.4, -0.2) is 4.57 Å². The highest BCUT2D eigenvalue weighted by Crippen LogP contribution is 2.06. The zero-order valence-electron chi connectivity index (χ0n) is 8.21. The third-order valence-electron chi connectivity index (χ3n) is 2.18. The summed E-state index contributed by atoms with van der Waals surface area (Å²) in [5, 5.41) is 0. The van der Waals surface area contributed by atoms with E-state index in [1.807, 2.05) is 0 Å². The van der Waals surface area contributed by atoms with Crippen molar-refractivity contribution >= 4 is 0 Å². The highest BCUT2D eigenvalue weighted by molar-refractivity contribution is 5.06. The van der Waals surface area contributed by atoms with Crippen molar-refractivity contribution in [3.05, 3.63) is 24.0 Å². The number of unbranched alkanes of at least 4 members (excludes halogenated alkanes) is 1. The molecule has 0 N–H and O–H groups in total. The van der Waals surface area contributed by atoms with Crippen molar-refractivity contribution < 1.29 is 0 Å². The Morgan fingerprint density at radius 1 is 1.25 bits per heavy atom. The Morgan fingerprint density at radius 2 is 2.08 bits per heavy atom. The first-order valence-electron chi connectivity index (χ1n) is 5.02. The molecule has 1 heteroatoms. The van der Waals surface area contributed by atoms with E-state index in [9.17, 15) is 0 Å². The molecular formula is C11H19N. The van der Waals surface area contributed by atoms with Crippen molar-refractivity contribution in [1.29, 1.82) is 0 Å². The van der Waals surface area contributed by atoms with Gasteiger partial charge in [-0.1, -0.05) is 26.7 Å². The monoisotopic (exact) mass is 165 g/mol. The van der Waals surface area contributed by atoms with Crippen LogP contribution in [0.15, 0.2) is 18.3 Å². The standard InChI is InChI=1S/C11H19N/c1-3-5-9-12-10-6-8-11(12)7-4-2/h6,8,10H,3-5,7,9H2,1-2H3. The SMILES string of the molecule is CCCCn1cccc1CCC. The number of nitrogens with zero attached hydrogens (tertiary/aromatic N) is 1. The average Bonchev–Trinajstić information content (AvgIpc) is 2.50. The van der Waals surface area contributed by atoms with Crippen molar-refractivity contribution in [3.63, 3.8) is 0 Å². The fourth-order valence-electron chi connectivity index (χ4n) is 1.48. The highest BCUT2D eigenvalue weighted by atomic mass is 15.0. The molecule has 0 unspecified atom stereocenters. The normalized spacial score (nSPS) is 10.5. The molecule has 1 heterocycles. The summed E-state index contributed by atoms with van der Waals surface area (Å²) in [6.07, 6.45) is 7.24. The molecule has 0 fully saturated rings. The molecular weight excluding hydrogens is 146 g/mol. The van der Waals surface area contributed by atoms with Crippen LogP contribution >= 0.6 is 0 Å². The third-order valence-corrected chi connectivity index (χ3v) is 2.18. The van der Waals surface area contributed by atoms with Crippen LogP contribution in [0.25, 0.3) is 0 Å². The zero-order valence-corrected chi connectivity index (χ0v) is 8.21. The first kappa shape index (κ1) is 9.37. The minimum absolute atomic E-state index is 1.19. The Kier molecular flexibility index (Phi) is 3.92. The highest BCUT2D eigenvalue weighted by Gasteiger charge is 1.97. The van der Waals surface area contributed by atoms with Crippen molar-refractivity contribution in [2.75, 3.05) is 0 Å². The Morgan fingerprint density at radius 3 is 2.75 bits per heavy atom. The molecule has 0 radical (unpaired) electrons. The van der Waals surface area contributed by atoms with E-state index in [4.69, 9.17) is 0 Å². The number of rotatable bonds is 5. The van der Waals surface area contributed by atoms with Crippen molar-refractivity contribution in [1.82, 2.24) is 4.57 Å². The predicted molar refractivity (Wildman–Crippen MR) is 53.3 cm³/mol. The van der Waals surface area contributed by atoms with Crippen molar-refractivity contribution in [2.45, 2.75) is 46.1 Å². The van der Waals surface area contributed by atoms with E-state index in [-0.39, 0.29) is 0 Å². The molecule has 0 atom stereocenters. The van der Waals surface area contributed by atoms with Crippen LogP contribution in [0.5, 0.6) is 0 Å². The van der Waals surface area contributed by atoms with E-state index in [1.54, 1.807) is 0 Å². The van der Waals surface area contributed by atoms with Gasteiger partial charge in [-0.25, -0.2) is 0 Å². The lowest BCUT2D eigenvalue weighted by molar-refractivity contribution is 0.606. The Balaban J connectivity index is 2.51. The first-order valence-corrected chi connectivity index (χ1v) is 5.02. The van der Waals surface area contributed by atoms with Gasteiger partial charge in [0.05, 0.1) is 0 Å². The molecule has 0 aliphatic carbocycles. The fraction of sp³-hybridized carbons (Fsp3) is 0.636. The molecule has 0 amide bonds. The molecule has 1 aromatic rings. The van der Waals surface area contributed by atoms with Crippen LogP contribution in [0.3, 0.4) is 0 Å². The lowest BCUT2D eigenvalue weighted by Crippen LogP contribution is -2.00. The molecule has 68 valence electrons. The number of hydrogen-bond acceptors (Lipinski definition) is 0. The lowest BCUT2D eigenvalue weighted by Gasteiger charge is -2.06. The van der Waals surface area contributed by atoms with E-state index in [0.717, 1.165) is 0 Å². The average molecular weight is 165 g/mol. The van der Waals surface area contributed by atoms with Crippen LogP contribution in [0, 0.1) is 0 Å². The van der Waals surface area contributed by atoms with Gasteiger partial charge in [-0.3, -0.25) is 0 Å². The van der Waals surface area contributed by atoms with Gasteiger partial charge in [0, 0.05) is 18.4 Å². The summed E-state index contributed by atoms with van der Waals surface area (Å²) in [5.74, 6) is 0. The Labute approximate surface area is 75.4 Å². The second-order valence-corrected chi connectivity index (χ2v) is 3.30. The summed E-state index contributed by atoms with van der Waals surface area (Å²) >= 11 is 0. The fourth-order valence-corrected chi connectivity index (χ4v) is 1.48. The van der Waals surface area contributed by atoms with Gasteiger partial charge < -0.3 is 4.57 Å². The van der Waals surface area contributed by atoms with Gasteiger partial charge in [0.15, 0.2) is 0 Å². The summed E-state index contributed by atoms with van der Waals surface area (Å²) in [5.41, 5.74) is 1.49. The summed E-state index contributed by atoms with van der Waals surface area (Å²) < 4.78 is 2.38. The molecule has 0 spiro atoms. The molecule has 0 saturated carbocycles. The minimum Gasteiger partial charge on any atom is -0.351 e. The second-order valence-electron chi connectivity index (χ2n) is 3.30. The minimum atomic E-state index is 1.19. The third kappa shape index (κ3) is 2.40. The quantitative estimate of drug-likeness (QED) is 0.631. The molecule has 1 rings (SSSR count). The van der Waals surface area contributed by atoms with Gasteiger partial charge in [0.1, 0.15) is 0 Å². The van der Waals surface area contributed by atoms with Crippen LogP contribution in [-0.2, 0) is 13.0 Å². The maximum Gasteiger partial charge on any atom is 0.0222 e. The largest absolute Gasteiger partial charge is 0.351 e. The smallest absolute Gasteiger partial charge is 0.0222 e. The molecule has 1 aromatic heterocycles. The molecule has 0 saturated heterocycles. The molecule has 0 aromatic carbocycles. The van der Waals surface area contributed by atoms with Gasteiger partial charge in [0.25, 0.3) is 0 Å². The number of aryl methyl sites for hydroxylation is 2. The van der Waals surface area contributed by atoms with Crippen molar-refractivity contribution in [2.24, 2.45) is 0 Å². The van der Waals surface area contributed by atoms with Crippen LogP contribution in [0.1, 0.15) is 38.8 Å². The molecule has 1 nitrogen and oxygen atoms in total. The second kappa shape index (κ2) is 5.02. The van der Waals surface area contributed by atoms with E-state index in [2.05, 4.69) is 36.7 Å². The van der Waals surface area contributed by atoms with Crippen molar-refractivity contribution in [3.8, 4) is 0 Å². The molecule has 12 heavy (non-hydrogen) atoms. The van der Waals surface area contributed by atoms with Gasteiger partial charge in [-0.05, 0) is 25.0 Å². The lowest BCUT2D eigenvalue weighted by atomic mass is 10.2.